The number of hydrogen-bond acceptors (Lipinski definition) is 0. The Hall–Kier alpha value is -2.12. The molecular formula is C18H14ClN. The molecule has 0 saturated heterocycles. The van der Waals surface area contributed by atoms with E-state index >= 15 is 0 Å². The highest BCUT2D eigenvalue weighted by Crippen LogP contribution is 2.22. The van der Waals surface area contributed by atoms with Gasteiger partial charge < -0.3 is 12.4 Å². The van der Waals surface area contributed by atoms with E-state index in [1.54, 1.807) is 0 Å². The monoisotopic (exact) mass is 279 g/mol. The van der Waals surface area contributed by atoms with Gasteiger partial charge in [-0.2, -0.15) is 4.40 Å². The molecule has 1 nitrogen and oxygen atoms in total. The molecule has 2 heterocycles. The lowest BCUT2D eigenvalue weighted by Gasteiger charge is -2.03. The van der Waals surface area contributed by atoms with Crippen LogP contribution in [0.5, 0.6) is 0 Å². The molecule has 4 aromatic rings. The van der Waals surface area contributed by atoms with Gasteiger partial charge in [0.05, 0.1) is 5.39 Å². The zero-order valence-electron chi connectivity index (χ0n) is 11.2. The lowest BCUT2D eigenvalue weighted by atomic mass is 10.1. The smallest absolute Gasteiger partial charge is 0.219 e. The number of rotatable bonds is 0. The van der Waals surface area contributed by atoms with Crippen LogP contribution in [0.4, 0.5) is 0 Å². The van der Waals surface area contributed by atoms with Crippen molar-refractivity contribution in [1.82, 2.24) is 0 Å². The fraction of sp³-hybridized carbons (Fsp3) is 0.0556. The number of hydrogen-bond donors (Lipinski definition) is 0. The first-order valence-electron chi connectivity index (χ1n) is 6.56. The molecule has 2 aromatic heterocycles. The standard InChI is InChI=1S/C18H14N.ClH/c1-13-16-8-4-3-7-15(16)12-18-17-9-5-2-6-14(17)10-11-19(13)18;/h2-12H,1H3;1H/q+1;/p-1. The van der Waals surface area contributed by atoms with Crippen molar-refractivity contribution in [1.29, 1.82) is 0 Å². The van der Waals surface area contributed by atoms with Gasteiger partial charge in [-0.3, -0.25) is 0 Å². The van der Waals surface area contributed by atoms with Crippen LogP contribution in [0.15, 0.2) is 66.9 Å². The van der Waals surface area contributed by atoms with Crippen molar-refractivity contribution in [3.8, 4) is 0 Å². The predicted octanol–water partition coefficient (Wildman–Crippen LogP) is 1.04. The number of fused-ring (bicyclic) bond motifs is 4. The fourth-order valence-corrected chi connectivity index (χ4v) is 2.91. The van der Waals surface area contributed by atoms with Crippen molar-refractivity contribution in [3.63, 3.8) is 0 Å². The Balaban J connectivity index is 0.00000121. The average molecular weight is 280 g/mol. The summed E-state index contributed by atoms with van der Waals surface area (Å²) < 4.78 is 2.28. The molecule has 98 valence electrons. The van der Waals surface area contributed by atoms with Gasteiger partial charge in [0.15, 0.2) is 11.9 Å². The Morgan fingerprint density at radius 1 is 0.750 bits per heavy atom. The van der Waals surface area contributed by atoms with Gasteiger partial charge in [-0.25, -0.2) is 0 Å². The lowest BCUT2D eigenvalue weighted by Crippen LogP contribution is -3.00. The SMILES string of the molecule is Cc1c2ccccc2cc2c3ccccc3cc[n+]12.[Cl-]. The maximum atomic E-state index is 2.28. The summed E-state index contributed by atoms with van der Waals surface area (Å²) in [4.78, 5) is 0. The van der Waals surface area contributed by atoms with Gasteiger partial charge in [0.2, 0.25) is 5.52 Å². The van der Waals surface area contributed by atoms with Gasteiger partial charge in [0, 0.05) is 24.4 Å². The molecule has 0 fully saturated rings. The van der Waals surface area contributed by atoms with Crippen LogP contribution < -0.4 is 16.8 Å². The molecule has 4 rings (SSSR count). The van der Waals surface area contributed by atoms with Gasteiger partial charge in [-0.15, -0.1) is 0 Å². The minimum atomic E-state index is 0. The summed E-state index contributed by atoms with van der Waals surface area (Å²) in [7, 11) is 0. The van der Waals surface area contributed by atoms with Crippen LogP contribution in [-0.4, -0.2) is 0 Å². The molecule has 20 heavy (non-hydrogen) atoms. The van der Waals surface area contributed by atoms with E-state index in [1.807, 2.05) is 0 Å². The third-order valence-electron chi connectivity index (χ3n) is 3.90. The number of aromatic nitrogens is 1. The molecule has 0 saturated carbocycles. The molecule has 0 unspecified atom stereocenters. The number of pyridine rings is 2. The van der Waals surface area contributed by atoms with Crippen LogP contribution in [0.2, 0.25) is 0 Å². The molecular weight excluding hydrogens is 266 g/mol. The van der Waals surface area contributed by atoms with Crippen molar-refractivity contribution in [3.05, 3.63) is 72.6 Å². The average Bonchev–Trinajstić information content (AvgIpc) is 2.47. The Kier molecular flexibility index (Phi) is 3.07. The Bertz CT molecular complexity index is 928. The van der Waals surface area contributed by atoms with Gasteiger partial charge in [-0.1, -0.05) is 36.4 Å². The van der Waals surface area contributed by atoms with E-state index in [2.05, 4.69) is 78.2 Å². The summed E-state index contributed by atoms with van der Waals surface area (Å²) in [6, 6.07) is 21.6. The Morgan fingerprint density at radius 3 is 2.20 bits per heavy atom. The molecule has 0 bridgehead atoms. The molecule has 0 spiro atoms. The van der Waals surface area contributed by atoms with Crippen molar-refractivity contribution < 1.29 is 16.8 Å². The first kappa shape index (κ1) is 12.9. The Labute approximate surface area is 123 Å². The minimum absolute atomic E-state index is 0. The first-order chi connectivity index (χ1) is 9.34. The summed E-state index contributed by atoms with van der Waals surface area (Å²) in [5.41, 5.74) is 2.56. The second-order valence-corrected chi connectivity index (χ2v) is 4.98. The largest absolute Gasteiger partial charge is 1.00 e. The highest BCUT2D eigenvalue weighted by molar-refractivity contribution is 5.97. The zero-order chi connectivity index (χ0) is 12.8. The van der Waals surface area contributed by atoms with E-state index in [0.29, 0.717) is 0 Å². The highest BCUT2D eigenvalue weighted by atomic mass is 35.5. The number of benzene rings is 2. The number of nitrogens with zero attached hydrogens (tertiary/aromatic N) is 1. The maximum absolute atomic E-state index is 2.28. The summed E-state index contributed by atoms with van der Waals surface area (Å²) in [6.07, 6.45) is 2.17. The Morgan fingerprint density at radius 2 is 1.40 bits per heavy atom. The molecule has 0 aliphatic heterocycles. The summed E-state index contributed by atoms with van der Waals surface area (Å²) in [5.74, 6) is 0. The van der Waals surface area contributed by atoms with E-state index < -0.39 is 0 Å². The summed E-state index contributed by atoms with van der Waals surface area (Å²) in [5, 5.41) is 5.21. The van der Waals surface area contributed by atoms with E-state index in [4.69, 9.17) is 0 Å². The predicted molar refractivity (Wildman–Crippen MR) is 79.4 cm³/mol. The van der Waals surface area contributed by atoms with Crippen molar-refractivity contribution in [2.45, 2.75) is 6.92 Å². The molecule has 0 radical (unpaired) electrons. The van der Waals surface area contributed by atoms with Crippen molar-refractivity contribution in [2.75, 3.05) is 0 Å². The third-order valence-corrected chi connectivity index (χ3v) is 3.90. The summed E-state index contributed by atoms with van der Waals surface area (Å²) >= 11 is 0. The quantitative estimate of drug-likeness (QED) is 0.257. The van der Waals surface area contributed by atoms with E-state index in [-0.39, 0.29) is 12.4 Å². The summed E-state index contributed by atoms with van der Waals surface area (Å²) in [6.45, 7) is 2.18. The first-order valence-corrected chi connectivity index (χ1v) is 6.56. The third kappa shape index (κ3) is 1.75. The molecule has 0 aliphatic carbocycles. The molecule has 0 N–H and O–H groups in total. The zero-order valence-corrected chi connectivity index (χ0v) is 11.9. The molecule has 2 aromatic carbocycles. The van der Waals surface area contributed by atoms with Crippen LogP contribution >= 0.6 is 0 Å². The molecule has 0 aliphatic rings. The van der Waals surface area contributed by atoms with Gasteiger partial charge in [-0.05, 0) is 22.9 Å². The second kappa shape index (κ2) is 4.77. The normalized spacial score (nSPS) is 10.8. The molecule has 0 atom stereocenters. The van der Waals surface area contributed by atoms with Crippen molar-refractivity contribution >= 4 is 27.1 Å². The van der Waals surface area contributed by atoms with Crippen LogP contribution in [0.25, 0.3) is 27.1 Å². The maximum Gasteiger partial charge on any atom is 0.219 e. The van der Waals surface area contributed by atoms with E-state index in [0.717, 1.165) is 0 Å². The van der Waals surface area contributed by atoms with Crippen LogP contribution in [0.3, 0.4) is 0 Å². The minimum Gasteiger partial charge on any atom is -1.00 e. The van der Waals surface area contributed by atoms with Crippen molar-refractivity contribution in [2.24, 2.45) is 0 Å². The van der Waals surface area contributed by atoms with Gasteiger partial charge in [0.1, 0.15) is 0 Å². The van der Waals surface area contributed by atoms with Crippen LogP contribution in [0.1, 0.15) is 5.69 Å². The topological polar surface area (TPSA) is 4.10 Å². The highest BCUT2D eigenvalue weighted by Gasteiger charge is 2.13. The van der Waals surface area contributed by atoms with Gasteiger partial charge >= 0.3 is 0 Å². The van der Waals surface area contributed by atoms with E-state index in [9.17, 15) is 0 Å². The fourth-order valence-electron chi connectivity index (χ4n) is 2.91. The number of halogens is 1. The van der Waals surface area contributed by atoms with E-state index in [1.165, 1.54) is 32.8 Å². The molecule has 2 heteroatoms. The van der Waals surface area contributed by atoms with Crippen LogP contribution in [0, 0.1) is 6.92 Å². The molecule has 0 amide bonds. The number of aryl methyl sites for hydroxylation is 1. The second-order valence-electron chi connectivity index (χ2n) is 4.98. The van der Waals surface area contributed by atoms with Gasteiger partial charge in [0.25, 0.3) is 0 Å². The van der Waals surface area contributed by atoms with Crippen LogP contribution in [-0.2, 0) is 0 Å². The lowest BCUT2D eigenvalue weighted by molar-refractivity contribution is -0.516.